The molecule has 0 spiro atoms. The molecule has 6 nitrogen and oxygen atoms in total. The predicted molar refractivity (Wildman–Crippen MR) is 66.0 cm³/mol. The quantitative estimate of drug-likeness (QED) is 0.678. The van der Waals surface area contributed by atoms with Crippen LogP contribution >= 0.6 is 7.82 Å². The van der Waals surface area contributed by atoms with Crippen LogP contribution in [0.2, 0.25) is 0 Å². The Morgan fingerprint density at radius 1 is 1.11 bits per heavy atom. The molecule has 1 saturated heterocycles. The van der Waals surface area contributed by atoms with Gasteiger partial charge in [-0.15, -0.1) is 0 Å². The summed E-state index contributed by atoms with van der Waals surface area (Å²) < 4.78 is 21.2. The first kappa shape index (κ1) is 16.1. The zero-order valence-electron chi connectivity index (χ0n) is 11.7. The summed E-state index contributed by atoms with van der Waals surface area (Å²) in [6, 6.07) is 0. The maximum Gasteiger partial charge on any atom is 0.469 e. The molecule has 0 aromatic carbocycles. The van der Waals surface area contributed by atoms with Gasteiger partial charge in [0.05, 0.1) is 12.2 Å². The van der Waals surface area contributed by atoms with Crippen molar-refractivity contribution in [1.82, 2.24) is 0 Å². The Balaban J connectivity index is 3.07. The molecule has 0 aromatic rings. The van der Waals surface area contributed by atoms with Gasteiger partial charge < -0.3 is 19.6 Å². The maximum atomic E-state index is 10.8. The molecular formula is C11H23O6P. The first-order valence-electron chi connectivity index (χ1n) is 5.79. The fourth-order valence-corrected chi connectivity index (χ4v) is 2.83. The van der Waals surface area contributed by atoms with Crippen LogP contribution in [0, 0.1) is 5.41 Å². The van der Waals surface area contributed by atoms with Crippen molar-refractivity contribution in [2.24, 2.45) is 5.41 Å². The third-order valence-electron chi connectivity index (χ3n) is 4.74. The van der Waals surface area contributed by atoms with Gasteiger partial charge in [0.2, 0.25) is 0 Å². The molecule has 0 bridgehead atoms. The van der Waals surface area contributed by atoms with Crippen molar-refractivity contribution >= 4 is 7.82 Å². The van der Waals surface area contributed by atoms with Gasteiger partial charge in [0.15, 0.2) is 0 Å². The summed E-state index contributed by atoms with van der Waals surface area (Å²) in [4.78, 5) is 17.5. The number of ether oxygens (including phenoxy) is 1. The molecule has 1 rings (SSSR count). The summed E-state index contributed by atoms with van der Waals surface area (Å²) in [6.07, 6.45) is 0. The standard InChI is InChI=1S/C11H23O6P/c1-8(2)9(3,4)17-10(5,11(8,6)12)7-16-18(13,14)15/h12H,7H2,1-6H3,(H2,13,14,15)/t10-,11?/m1/s1. The fraction of sp³-hybridized carbons (Fsp3) is 1.00. The normalized spacial score (nSPS) is 38.9. The molecule has 7 heteroatoms. The first-order chi connectivity index (χ1) is 7.66. The average molecular weight is 282 g/mol. The molecule has 0 radical (unpaired) electrons. The highest BCUT2D eigenvalue weighted by Gasteiger charge is 2.68. The smallest absolute Gasteiger partial charge is 0.386 e. The van der Waals surface area contributed by atoms with E-state index in [0.29, 0.717) is 0 Å². The van der Waals surface area contributed by atoms with Gasteiger partial charge >= 0.3 is 7.82 Å². The second-order valence-corrected chi connectivity index (χ2v) is 7.54. The van der Waals surface area contributed by atoms with E-state index >= 15 is 0 Å². The van der Waals surface area contributed by atoms with Crippen molar-refractivity contribution in [3.05, 3.63) is 0 Å². The van der Waals surface area contributed by atoms with Crippen LogP contribution in [0.25, 0.3) is 0 Å². The van der Waals surface area contributed by atoms with Crippen LogP contribution in [0.1, 0.15) is 41.5 Å². The van der Waals surface area contributed by atoms with E-state index in [-0.39, 0.29) is 6.61 Å². The van der Waals surface area contributed by atoms with Crippen LogP contribution in [0.4, 0.5) is 0 Å². The average Bonchev–Trinajstić information content (AvgIpc) is 2.19. The second-order valence-electron chi connectivity index (χ2n) is 6.30. The lowest BCUT2D eigenvalue weighted by Crippen LogP contribution is -2.56. The summed E-state index contributed by atoms with van der Waals surface area (Å²) in [7, 11) is -4.59. The van der Waals surface area contributed by atoms with E-state index in [1.54, 1.807) is 13.8 Å². The van der Waals surface area contributed by atoms with Crippen molar-refractivity contribution in [3.8, 4) is 0 Å². The molecular weight excluding hydrogens is 259 g/mol. The van der Waals surface area contributed by atoms with Crippen molar-refractivity contribution in [2.45, 2.75) is 58.3 Å². The lowest BCUT2D eigenvalue weighted by molar-refractivity contribution is -0.152. The van der Waals surface area contributed by atoms with Gasteiger partial charge in [-0.2, -0.15) is 0 Å². The van der Waals surface area contributed by atoms with Crippen LogP contribution in [0.15, 0.2) is 0 Å². The number of hydrogen-bond acceptors (Lipinski definition) is 4. The molecule has 0 amide bonds. The molecule has 0 aromatic heterocycles. The number of hydrogen-bond donors (Lipinski definition) is 3. The molecule has 0 aliphatic carbocycles. The molecule has 1 fully saturated rings. The number of phosphoric ester groups is 1. The summed E-state index contributed by atoms with van der Waals surface area (Å²) >= 11 is 0. The van der Waals surface area contributed by atoms with Crippen LogP contribution in [0.5, 0.6) is 0 Å². The highest BCUT2D eigenvalue weighted by Crippen LogP contribution is 2.58. The Morgan fingerprint density at radius 3 is 1.83 bits per heavy atom. The Kier molecular flexibility index (Phi) is 3.58. The minimum absolute atomic E-state index is 0.378. The van der Waals surface area contributed by atoms with Gasteiger partial charge in [-0.05, 0) is 27.7 Å². The van der Waals surface area contributed by atoms with E-state index in [2.05, 4.69) is 4.52 Å². The molecule has 1 aliphatic rings. The van der Waals surface area contributed by atoms with Crippen LogP contribution in [0.3, 0.4) is 0 Å². The summed E-state index contributed by atoms with van der Waals surface area (Å²) in [5.41, 5.74) is -3.74. The maximum absolute atomic E-state index is 10.8. The first-order valence-corrected chi connectivity index (χ1v) is 7.32. The Labute approximate surface area is 108 Å². The minimum Gasteiger partial charge on any atom is -0.386 e. The fourth-order valence-electron chi connectivity index (χ4n) is 2.41. The topological polar surface area (TPSA) is 96.2 Å². The van der Waals surface area contributed by atoms with Crippen LogP contribution < -0.4 is 0 Å². The van der Waals surface area contributed by atoms with Crippen molar-refractivity contribution < 1.29 is 28.7 Å². The Bertz CT molecular complexity index is 383. The molecule has 1 aliphatic heterocycles. The van der Waals surface area contributed by atoms with Crippen molar-refractivity contribution in [1.29, 1.82) is 0 Å². The predicted octanol–water partition coefficient (Wildman–Crippen LogP) is 1.44. The van der Waals surface area contributed by atoms with E-state index in [4.69, 9.17) is 14.5 Å². The molecule has 3 N–H and O–H groups in total. The second kappa shape index (κ2) is 4.01. The van der Waals surface area contributed by atoms with Crippen molar-refractivity contribution in [3.63, 3.8) is 0 Å². The molecule has 1 unspecified atom stereocenters. The van der Waals surface area contributed by atoms with Gasteiger partial charge in [-0.25, -0.2) is 4.57 Å². The number of phosphoric acid groups is 1. The summed E-state index contributed by atoms with van der Waals surface area (Å²) in [5, 5.41) is 10.7. The molecule has 18 heavy (non-hydrogen) atoms. The van der Waals surface area contributed by atoms with Gasteiger partial charge in [-0.3, -0.25) is 4.52 Å². The highest BCUT2D eigenvalue weighted by atomic mass is 31.2. The van der Waals surface area contributed by atoms with E-state index in [1.807, 2.05) is 27.7 Å². The zero-order chi connectivity index (χ0) is 14.6. The Hall–Kier alpha value is 0.0300. The summed E-state index contributed by atoms with van der Waals surface area (Å²) in [6.45, 7) is 10.2. The number of rotatable bonds is 3. The van der Waals surface area contributed by atoms with Crippen molar-refractivity contribution in [2.75, 3.05) is 6.61 Å². The SMILES string of the molecule is CC1(C)O[C@](C)(COP(=O)(O)O)C(C)(O)C1(C)C. The van der Waals surface area contributed by atoms with Gasteiger partial charge in [-0.1, -0.05) is 13.8 Å². The summed E-state index contributed by atoms with van der Waals surface area (Å²) in [5.74, 6) is 0. The molecule has 2 atom stereocenters. The lowest BCUT2D eigenvalue weighted by Gasteiger charge is -2.43. The highest BCUT2D eigenvalue weighted by molar-refractivity contribution is 7.46. The van der Waals surface area contributed by atoms with E-state index in [0.717, 1.165) is 0 Å². The van der Waals surface area contributed by atoms with Crippen LogP contribution in [-0.2, 0) is 13.8 Å². The molecule has 1 heterocycles. The minimum atomic E-state index is -4.59. The number of aliphatic hydroxyl groups is 1. The largest absolute Gasteiger partial charge is 0.469 e. The van der Waals surface area contributed by atoms with E-state index < -0.39 is 30.0 Å². The van der Waals surface area contributed by atoms with E-state index in [1.165, 1.54) is 0 Å². The van der Waals surface area contributed by atoms with E-state index in [9.17, 15) is 9.67 Å². The molecule has 108 valence electrons. The Morgan fingerprint density at radius 2 is 1.56 bits per heavy atom. The van der Waals surface area contributed by atoms with Gasteiger partial charge in [0, 0.05) is 5.41 Å². The molecule has 0 saturated carbocycles. The zero-order valence-corrected chi connectivity index (χ0v) is 12.6. The monoisotopic (exact) mass is 282 g/mol. The third-order valence-corrected chi connectivity index (χ3v) is 5.21. The lowest BCUT2D eigenvalue weighted by atomic mass is 9.64. The van der Waals surface area contributed by atoms with Crippen LogP contribution in [-0.4, -0.2) is 38.3 Å². The third kappa shape index (κ3) is 2.26. The van der Waals surface area contributed by atoms with Gasteiger partial charge in [0.25, 0.3) is 0 Å². The van der Waals surface area contributed by atoms with Gasteiger partial charge in [0.1, 0.15) is 11.2 Å².